The van der Waals surface area contributed by atoms with Crippen molar-refractivity contribution in [2.24, 2.45) is 0 Å². The van der Waals surface area contributed by atoms with Crippen molar-refractivity contribution in [3.05, 3.63) is 24.0 Å². The molecule has 2 rings (SSSR count). The maximum Gasteiger partial charge on any atom is 0.147 e. The normalized spacial score (nSPS) is 13.0. The standard InChI is InChI=1S/C16H23ClN2O2/c1-5-20-10-12(4)19-13-7-6-8-14(21-11(2)3)16(13)18-15(19)9-17/h6-8,11-12H,5,9-10H2,1-4H3. The summed E-state index contributed by atoms with van der Waals surface area (Å²) in [7, 11) is 0. The number of aromatic nitrogens is 2. The van der Waals surface area contributed by atoms with E-state index in [2.05, 4.69) is 16.5 Å². The summed E-state index contributed by atoms with van der Waals surface area (Å²) in [6.45, 7) is 9.47. The fourth-order valence-corrected chi connectivity index (χ4v) is 2.63. The van der Waals surface area contributed by atoms with Crippen molar-refractivity contribution in [3.63, 3.8) is 0 Å². The molecule has 0 aliphatic rings. The lowest BCUT2D eigenvalue weighted by atomic mass is 10.2. The molecule has 0 N–H and O–H groups in total. The largest absolute Gasteiger partial charge is 0.489 e. The van der Waals surface area contributed by atoms with Crippen LogP contribution in [0.15, 0.2) is 18.2 Å². The number of nitrogens with zero attached hydrogens (tertiary/aromatic N) is 2. The van der Waals surface area contributed by atoms with Crippen molar-refractivity contribution in [2.75, 3.05) is 13.2 Å². The van der Waals surface area contributed by atoms with Gasteiger partial charge in [0.2, 0.25) is 0 Å². The van der Waals surface area contributed by atoms with Crippen LogP contribution in [0.5, 0.6) is 5.75 Å². The second-order valence-corrected chi connectivity index (χ2v) is 5.60. The van der Waals surface area contributed by atoms with E-state index in [0.29, 0.717) is 19.1 Å². The molecule has 1 aromatic carbocycles. The van der Waals surface area contributed by atoms with E-state index in [-0.39, 0.29) is 12.1 Å². The topological polar surface area (TPSA) is 36.3 Å². The molecule has 4 nitrogen and oxygen atoms in total. The number of ether oxygens (including phenoxy) is 2. The first-order valence-electron chi connectivity index (χ1n) is 7.38. The van der Waals surface area contributed by atoms with Gasteiger partial charge in [0.05, 0.1) is 30.1 Å². The average molecular weight is 311 g/mol. The molecule has 0 fully saturated rings. The van der Waals surface area contributed by atoms with Gasteiger partial charge in [-0.05, 0) is 39.8 Å². The molecule has 0 aliphatic heterocycles. The lowest BCUT2D eigenvalue weighted by Crippen LogP contribution is -2.14. The van der Waals surface area contributed by atoms with Crippen LogP contribution >= 0.6 is 11.6 Å². The van der Waals surface area contributed by atoms with Gasteiger partial charge < -0.3 is 14.0 Å². The van der Waals surface area contributed by atoms with Crippen molar-refractivity contribution in [1.82, 2.24) is 9.55 Å². The molecule has 0 saturated heterocycles. The van der Waals surface area contributed by atoms with E-state index >= 15 is 0 Å². The van der Waals surface area contributed by atoms with Crippen LogP contribution in [-0.2, 0) is 10.6 Å². The molecule has 0 bridgehead atoms. The summed E-state index contributed by atoms with van der Waals surface area (Å²) in [5, 5.41) is 0. The van der Waals surface area contributed by atoms with Gasteiger partial charge in [-0.3, -0.25) is 0 Å². The number of fused-ring (bicyclic) bond motifs is 1. The summed E-state index contributed by atoms with van der Waals surface area (Å²) >= 11 is 6.07. The Morgan fingerprint density at radius 3 is 2.67 bits per heavy atom. The first-order chi connectivity index (χ1) is 10.1. The number of halogens is 1. The van der Waals surface area contributed by atoms with E-state index in [0.717, 1.165) is 22.6 Å². The molecule has 21 heavy (non-hydrogen) atoms. The minimum Gasteiger partial charge on any atom is -0.489 e. The molecule has 1 aromatic heterocycles. The fourth-order valence-electron chi connectivity index (χ4n) is 2.44. The number of para-hydroxylation sites is 1. The van der Waals surface area contributed by atoms with Crippen LogP contribution in [-0.4, -0.2) is 28.9 Å². The molecule has 0 amide bonds. The summed E-state index contributed by atoms with van der Waals surface area (Å²) in [5.41, 5.74) is 1.90. The summed E-state index contributed by atoms with van der Waals surface area (Å²) in [6.07, 6.45) is 0.112. The van der Waals surface area contributed by atoms with Crippen LogP contribution in [0.4, 0.5) is 0 Å². The second-order valence-electron chi connectivity index (χ2n) is 5.33. The lowest BCUT2D eigenvalue weighted by molar-refractivity contribution is 0.119. The third kappa shape index (κ3) is 3.50. The molecule has 1 heterocycles. The first kappa shape index (κ1) is 16.1. The quantitative estimate of drug-likeness (QED) is 0.720. The zero-order valence-electron chi connectivity index (χ0n) is 13.1. The second kappa shape index (κ2) is 7.14. The Hall–Kier alpha value is -1.26. The molecule has 116 valence electrons. The maximum atomic E-state index is 6.07. The molecule has 0 aliphatic carbocycles. The Labute approximate surface area is 131 Å². The number of rotatable bonds is 7. The summed E-state index contributed by atoms with van der Waals surface area (Å²) in [6, 6.07) is 6.17. The van der Waals surface area contributed by atoms with Gasteiger partial charge in [0.1, 0.15) is 17.1 Å². The molecule has 1 atom stereocenters. The van der Waals surface area contributed by atoms with E-state index in [9.17, 15) is 0 Å². The fraction of sp³-hybridized carbons (Fsp3) is 0.562. The van der Waals surface area contributed by atoms with Crippen molar-refractivity contribution in [2.45, 2.75) is 45.7 Å². The monoisotopic (exact) mass is 310 g/mol. The molecule has 0 spiro atoms. The Balaban J connectivity index is 2.48. The van der Waals surface area contributed by atoms with Crippen molar-refractivity contribution >= 4 is 22.6 Å². The SMILES string of the molecule is CCOCC(C)n1c(CCl)nc2c(OC(C)C)cccc21. The van der Waals surface area contributed by atoms with E-state index in [4.69, 9.17) is 21.1 Å². The van der Waals surface area contributed by atoms with E-state index in [1.165, 1.54) is 0 Å². The highest BCUT2D eigenvalue weighted by atomic mass is 35.5. The third-order valence-corrected chi connectivity index (χ3v) is 3.48. The Bertz CT molecular complexity index is 595. The minimum absolute atomic E-state index is 0.112. The van der Waals surface area contributed by atoms with Gasteiger partial charge in [0, 0.05) is 6.61 Å². The Morgan fingerprint density at radius 2 is 2.05 bits per heavy atom. The number of hydrogen-bond acceptors (Lipinski definition) is 3. The number of benzene rings is 1. The number of hydrogen-bond donors (Lipinski definition) is 0. The Morgan fingerprint density at radius 1 is 1.29 bits per heavy atom. The average Bonchev–Trinajstić information content (AvgIpc) is 2.84. The van der Waals surface area contributed by atoms with Gasteiger partial charge in [-0.15, -0.1) is 11.6 Å². The van der Waals surface area contributed by atoms with E-state index < -0.39 is 0 Å². The highest BCUT2D eigenvalue weighted by Gasteiger charge is 2.18. The molecular weight excluding hydrogens is 288 g/mol. The highest BCUT2D eigenvalue weighted by Crippen LogP contribution is 2.30. The van der Waals surface area contributed by atoms with Crippen LogP contribution in [0.3, 0.4) is 0 Å². The number of imidazole rings is 1. The van der Waals surface area contributed by atoms with Crippen LogP contribution in [0.1, 0.15) is 39.6 Å². The summed E-state index contributed by atoms with van der Waals surface area (Å²) in [4.78, 5) is 4.66. The molecule has 1 unspecified atom stereocenters. The van der Waals surface area contributed by atoms with Gasteiger partial charge in [-0.1, -0.05) is 6.07 Å². The number of alkyl halides is 1. The molecule has 0 saturated carbocycles. The molecule has 5 heteroatoms. The van der Waals surface area contributed by atoms with E-state index in [1.807, 2.05) is 39.0 Å². The minimum atomic E-state index is 0.112. The van der Waals surface area contributed by atoms with Crippen molar-refractivity contribution in [1.29, 1.82) is 0 Å². The zero-order chi connectivity index (χ0) is 15.4. The lowest BCUT2D eigenvalue weighted by Gasteiger charge is -2.17. The Kier molecular flexibility index (Phi) is 5.48. The highest BCUT2D eigenvalue weighted by molar-refractivity contribution is 6.16. The van der Waals surface area contributed by atoms with Gasteiger partial charge in [-0.2, -0.15) is 0 Å². The molecule has 2 aromatic rings. The molecule has 0 radical (unpaired) electrons. The van der Waals surface area contributed by atoms with Gasteiger partial charge in [-0.25, -0.2) is 4.98 Å². The van der Waals surface area contributed by atoms with Gasteiger partial charge >= 0.3 is 0 Å². The smallest absolute Gasteiger partial charge is 0.147 e. The predicted octanol–water partition coefficient (Wildman–Crippen LogP) is 4.16. The maximum absolute atomic E-state index is 6.07. The summed E-state index contributed by atoms with van der Waals surface area (Å²) < 4.78 is 13.5. The zero-order valence-corrected chi connectivity index (χ0v) is 13.9. The molecular formula is C16H23ClN2O2. The van der Waals surface area contributed by atoms with Gasteiger partial charge in [0.15, 0.2) is 0 Å². The van der Waals surface area contributed by atoms with Crippen LogP contribution < -0.4 is 4.74 Å². The van der Waals surface area contributed by atoms with Crippen molar-refractivity contribution < 1.29 is 9.47 Å². The van der Waals surface area contributed by atoms with E-state index in [1.54, 1.807) is 0 Å². The summed E-state index contributed by atoms with van der Waals surface area (Å²) in [5.74, 6) is 2.02. The van der Waals surface area contributed by atoms with Crippen molar-refractivity contribution in [3.8, 4) is 5.75 Å². The predicted molar refractivity (Wildman–Crippen MR) is 86.3 cm³/mol. The van der Waals surface area contributed by atoms with Crippen LogP contribution in [0, 0.1) is 0 Å². The van der Waals surface area contributed by atoms with Crippen LogP contribution in [0.2, 0.25) is 0 Å². The first-order valence-corrected chi connectivity index (χ1v) is 7.92. The van der Waals surface area contributed by atoms with Crippen LogP contribution in [0.25, 0.3) is 11.0 Å². The van der Waals surface area contributed by atoms with Gasteiger partial charge in [0.25, 0.3) is 0 Å². The third-order valence-electron chi connectivity index (χ3n) is 3.24.